The highest BCUT2D eigenvalue weighted by atomic mass is 16.5. The van der Waals surface area contributed by atoms with E-state index < -0.39 is 0 Å². The Balaban J connectivity index is 3.41. The molecule has 0 aromatic heterocycles. The van der Waals surface area contributed by atoms with Crippen molar-refractivity contribution in [3.8, 4) is 11.5 Å². The van der Waals surface area contributed by atoms with Crippen molar-refractivity contribution in [2.75, 3.05) is 14.2 Å². The number of hydrogen-bond donors (Lipinski definition) is 0. The van der Waals surface area contributed by atoms with Gasteiger partial charge in [-0.15, -0.1) is 0 Å². The summed E-state index contributed by atoms with van der Waals surface area (Å²) in [4.78, 5) is 0. The Morgan fingerprint density at radius 1 is 1.27 bits per heavy atom. The maximum absolute atomic E-state index is 7.65. The second kappa shape index (κ2) is 3.28. The van der Waals surface area contributed by atoms with E-state index in [0.717, 1.165) is 0 Å². The van der Waals surface area contributed by atoms with Crippen LogP contribution in [0.5, 0.6) is 11.5 Å². The monoisotopic (exact) mass is 154 g/mol. The summed E-state index contributed by atoms with van der Waals surface area (Å²) in [5.74, 6) is 0.644. The van der Waals surface area contributed by atoms with E-state index in [9.17, 15) is 0 Å². The molecular weight excluding hydrogens is 140 g/mol. The van der Waals surface area contributed by atoms with Gasteiger partial charge in [-0.05, 0) is 24.6 Å². The number of aryl methyl sites for hydroxylation is 1. The molecule has 1 aromatic rings. The summed E-state index contributed by atoms with van der Waals surface area (Å²) in [6.45, 7) is 1.77. The number of hydrogen-bond acceptors (Lipinski definition) is 2. The zero-order chi connectivity index (χ0) is 10.0. The second-order valence-electron chi connectivity index (χ2n) is 2.16. The lowest BCUT2D eigenvalue weighted by molar-refractivity contribution is 0.354. The molecule has 0 bridgehead atoms. The molecule has 60 valence electrons. The van der Waals surface area contributed by atoms with Crippen molar-refractivity contribution in [3.63, 3.8) is 0 Å². The molecule has 0 amide bonds. The highest BCUT2D eigenvalue weighted by Gasteiger charge is 2.00. The Morgan fingerprint density at radius 3 is 2.45 bits per heavy atom. The fourth-order valence-electron chi connectivity index (χ4n) is 0.807. The van der Waals surface area contributed by atoms with Crippen molar-refractivity contribution in [3.05, 3.63) is 23.7 Å². The number of rotatable bonds is 2. The van der Waals surface area contributed by atoms with Crippen LogP contribution in [-0.2, 0) is 0 Å². The van der Waals surface area contributed by atoms with E-state index in [1.807, 2.05) is 0 Å². The Morgan fingerprint density at radius 2 is 1.91 bits per heavy atom. The van der Waals surface area contributed by atoms with E-state index in [1.165, 1.54) is 14.2 Å². The smallest absolute Gasteiger partial charge is 0.160 e. The zero-order valence-corrected chi connectivity index (χ0v) is 6.89. The first-order valence-corrected chi connectivity index (χ1v) is 3.30. The first-order chi connectivity index (χ1) is 6.11. The maximum Gasteiger partial charge on any atom is 0.160 e. The van der Waals surface area contributed by atoms with E-state index in [-0.39, 0.29) is 12.1 Å². The minimum atomic E-state index is 0.243. The lowest BCUT2D eigenvalue weighted by Gasteiger charge is -2.06. The predicted molar refractivity (Wildman–Crippen MR) is 44.3 cm³/mol. The first kappa shape index (κ1) is 5.47. The van der Waals surface area contributed by atoms with E-state index >= 15 is 0 Å². The molecule has 0 aliphatic heterocycles. The molecule has 2 heteroatoms. The van der Waals surface area contributed by atoms with Gasteiger partial charge in [-0.1, -0.05) is 6.07 Å². The Hall–Kier alpha value is -1.18. The van der Waals surface area contributed by atoms with Crippen LogP contribution in [-0.4, -0.2) is 14.2 Å². The molecule has 0 spiro atoms. The quantitative estimate of drug-likeness (QED) is 0.648. The molecule has 0 radical (unpaired) electrons. The van der Waals surface area contributed by atoms with Crippen LogP contribution in [0.4, 0.5) is 0 Å². The SMILES string of the molecule is [2H]c1cc(C)c([2H])c(OC)c1OC. The fourth-order valence-corrected chi connectivity index (χ4v) is 0.807. The fraction of sp³-hybridized carbons (Fsp3) is 0.333. The third-order valence-electron chi connectivity index (χ3n) is 1.34. The van der Waals surface area contributed by atoms with Gasteiger partial charge < -0.3 is 9.47 Å². The zero-order valence-electron chi connectivity index (χ0n) is 8.89. The normalized spacial score (nSPS) is 11.9. The number of methoxy groups -OCH3 is 2. The van der Waals surface area contributed by atoms with Crippen LogP contribution in [0, 0.1) is 6.92 Å². The van der Waals surface area contributed by atoms with Crippen LogP contribution in [0.2, 0.25) is 0 Å². The first-order valence-electron chi connectivity index (χ1n) is 4.30. The standard InChI is InChI=1S/C9H12O2/c1-7-4-5-8(10-2)9(6-7)11-3/h4-6H,1-3H3/i5D,6D. The molecule has 1 rings (SSSR count). The molecule has 2 nitrogen and oxygen atoms in total. The molecule has 0 N–H and O–H groups in total. The highest BCUT2D eigenvalue weighted by Crippen LogP contribution is 2.26. The third kappa shape index (κ3) is 1.64. The van der Waals surface area contributed by atoms with E-state index in [4.69, 9.17) is 12.2 Å². The average Bonchev–Trinajstić information content (AvgIpc) is 2.10. The molecule has 11 heavy (non-hydrogen) atoms. The maximum atomic E-state index is 7.65. The third-order valence-corrected chi connectivity index (χ3v) is 1.34. The summed E-state index contributed by atoms with van der Waals surface area (Å²) >= 11 is 0. The van der Waals surface area contributed by atoms with Crippen molar-refractivity contribution < 1.29 is 12.2 Å². The van der Waals surface area contributed by atoms with Crippen LogP contribution in [0.1, 0.15) is 8.30 Å². The van der Waals surface area contributed by atoms with Crippen LogP contribution in [0.3, 0.4) is 0 Å². The molecule has 0 aliphatic carbocycles. The van der Waals surface area contributed by atoms with Crippen molar-refractivity contribution in [2.24, 2.45) is 0 Å². The number of benzene rings is 1. The summed E-state index contributed by atoms with van der Waals surface area (Å²) in [6, 6.07) is 2.10. The van der Waals surface area contributed by atoms with Crippen LogP contribution in [0.15, 0.2) is 18.2 Å². The van der Waals surface area contributed by atoms with Crippen LogP contribution >= 0.6 is 0 Å². The molecule has 0 saturated heterocycles. The number of ether oxygens (including phenoxy) is 2. The van der Waals surface area contributed by atoms with Gasteiger partial charge >= 0.3 is 0 Å². The lowest BCUT2D eigenvalue weighted by Crippen LogP contribution is -1.90. The Kier molecular flexibility index (Phi) is 1.63. The van der Waals surface area contributed by atoms with Gasteiger partial charge in [-0.3, -0.25) is 0 Å². The highest BCUT2D eigenvalue weighted by molar-refractivity contribution is 5.42. The summed E-state index contributed by atoms with van der Waals surface area (Å²) in [7, 11) is 2.93. The summed E-state index contributed by atoms with van der Waals surface area (Å²) in [5, 5.41) is 0. The van der Waals surface area contributed by atoms with Gasteiger partial charge in [0.05, 0.1) is 17.0 Å². The molecule has 1 aromatic carbocycles. The molecule has 0 saturated carbocycles. The second-order valence-corrected chi connectivity index (χ2v) is 2.16. The topological polar surface area (TPSA) is 18.5 Å². The van der Waals surface area contributed by atoms with Gasteiger partial charge in [-0.25, -0.2) is 0 Å². The summed E-state index contributed by atoms with van der Waals surface area (Å²) < 4.78 is 25.2. The van der Waals surface area contributed by atoms with E-state index in [1.54, 1.807) is 13.0 Å². The van der Waals surface area contributed by atoms with Gasteiger partial charge in [0.15, 0.2) is 11.5 Å². The molecule has 0 heterocycles. The summed E-state index contributed by atoms with van der Waals surface area (Å²) in [5.41, 5.74) is 0.711. The van der Waals surface area contributed by atoms with Gasteiger partial charge in [0.2, 0.25) is 0 Å². The van der Waals surface area contributed by atoms with Gasteiger partial charge in [0, 0.05) is 0 Å². The molecular formula is C9H12O2. The lowest BCUT2D eigenvalue weighted by atomic mass is 10.2. The molecule has 0 fully saturated rings. The molecule has 0 atom stereocenters. The predicted octanol–water partition coefficient (Wildman–Crippen LogP) is 2.01. The Bertz CT molecular complexity index is 324. The average molecular weight is 154 g/mol. The van der Waals surface area contributed by atoms with E-state index in [2.05, 4.69) is 0 Å². The van der Waals surface area contributed by atoms with Gasteiger partial charge in [-0.2, -0.15) is 0 Å². The molecule has 0 unspecified atom stereocenters. The van der Waals surface area contributed by atoms with Crippen LogP contribution in [0.25, 0.3) is 0 Å². The largest absolute Gasteiger partial charge is 0.493 e. The Labute approximate surface area is 69.6 Å². The van der Waals surface area contributed by atoms with Crippen molar-refractivity contribution in [1.82, 2.24) is 0 Å². The van der Waals surface area contributed by atoms with Crippen molar-refractivity contribution in [2.45, 2.75) is 6.92 Å². The van der Waals surface area contributed by atoms with Crippen molar-refractivity contribution in [1.29, 1.82) is 0 Å². The van der Waals surface area contributed by atoms with E-state index in [0.29, 0.717) is 17.1 Å². The van der Waals surface area contributed by atoms with Crippen molar-refractivity contribution >= 4 is 0 Å². The van der Waals surface area contributed by atoms with Crippen LogP contribution < -0.4 is 9.47 Å². The minimum Gasteiger partial charge on any atom is -0.493 e. The summed E-state index contributed by atoms with van der Waals surface area (Å²) in [6.07, 6.45) is 0. The van der Waals surface area contributed by atoms with Gasteiger partial charge in [0.25, 0.3) is 0 Å². The van der Waals surface area contributed by atoms with Gasteiger partial charge in [0.1, 0.15) is 0 Å². The molecule has 0 aliphatic rings. The minimum absolute atomic E-state index is 0.243.